The molecule has 1 saturated carbocycles. The molecule has 2 atom stereocenters. The Morgan fingerprint density at radius 1 is 1.64 bits per heavy atom. The first kappa shape index (κ1) is 9.68. The standard InChI is InChI=1S/C10H17N3O/c1-13-7-8(6-12-13)5-11-9-3-2-4-10(9)14/h6-7,9-11,14H,2-5H2,1H3/t9-,10-/m0/s1. The van der Waals surface area contributed by atoms with Crippen molar-refractivity contribution >= 4 is 0 Å². The van der Waals surface area contributed by atoms with E-state index in [4.69, 9.17) is 0 Å². The Bertz CT molecular complexity index is 297. The highest BCUT2D eigenvalue weighted by atomic mass is 16.3. The van der Waals surface area contributed by atoms with Crippen molar-refractivity contribution in [3.8, 4) is 0 Å². The summed E-state index contributed by atoms with van der Waals surface area (Å²) in [6, 6.07) is 0.273. The van der Waals surface area contributed by atoms with Gasteiger partial charge in [-0.25, -0.2) is 0 Å². The Balaban J connectivity index is 1.82. The molecular weight excluding hydrogens is 178 g/mol. The predicted octanol–water partition coefficient (Wildman–Crippen LogP) is 0.423. The normalized spacial score (nSPS) is 27.0. The summed E-state index contributed by atoms with van der Waals surface area (Å²) in [6.45, 7) is 0.801. The van der Waals surface area contributed by atoms with Gasteiger partial charge in [0.1, 0.15) is 0 Å². The molecule has 0 unspecified atom stereocenters. The van der Waals surface area contributed by atoms with E-state index in [9.17, 15) is 5.11 Å². The number of nitrogens with zero attached hydrogens (tertiary/aromatic N) is 2. The van der Waals surface area contributed by atoms with Gasteiger partial charge < -0.3 is 10.4 Å². The van der Waals surface area contributed by atoms with Crippen LogP contribution in [0.2, 0.25) is 0 Å². The van der Waals surface area contributed by atoms with E-state index in [1.54, 1.807) is 4.68 Å². The molecule has 1 heterocycles. The molecule has 1 aromatic heterocycles. The quantitative estimate of drug-likeness (QED) is 0.735. The van der Waals surface area contributed by atoms with E-state index in [-0.39, 0.29) is 12.1 Å². The van der Waals surface area contributed by atoms with Crippen molar-refractivity contribution in [2.24, 2.45) is 7.05 Å². The lowest BCUT2D eigenvalue weighted by Crippen LogP contribution is -2.34. The smallest absolute Gasteiger partial charge is 0.0693 e. The maximum Gasteiger partial charge on any atom is 0.0693 e. The average molecular weight is 195 g/mol. The zero-order valence-electron chi connectivity index (χ0n) is 8.48. The molecule has 1 aliphatic rings. The number of rotatable bonds is 3. The summed E-state index contributed by atoms with van der Waals surface area (Å²) >= 11 is 0. The second kappa shape index (κ2) is 4.11. The van der Waals surface area contributed by atoms with Crippen LogP contribution >= 0.6 is 0 Å². The van der Waals surface area contributed by atoms with Gasteiger partial charge in [-0.2, -0.15) is 5.10 Å². The monoisotopic (exact) mass is 195 g/mol. The van der Waals surface area contributed by atoms with Gasteiger partial charge in [0, 0.05) is 31.4 Å². The lowest BCUT2D eigenvalue weighted by Gasteiger charge is -2.15. The molecule has 0 aliphatic heterocycles. The van der Waals surface area contributed by atoms with Gasteiger partial charge in [-0.05, 0) is 19.3 Å². The minimum Gasteiger partial charge on any atom is -0.392 e. The summed E-state index contributed by atoms with van der Waals surface area (Å²) in [5, 5.41) is 17.0. The van der Waals surface area contributed by atoms with E-state index in [0.717, 1.165) is 25.8 Å². The van der Waals surface area contributed by atoms with Gasteiger partial charge in [-0.15, -0.1) is 0 Å². The van der Waals surface area contributed by atoms with Crippen LogP contribution in [-0.4, -0.2) is 27.0 Å². The molecular formula is C10H17N3O. The molecule has 2 N–H and O–H groups in total. The number of aromatic nitrogens is 2. The van der Waals surface area contributed by atoms with Crippen LogP contribution in [0, 0.1) is 0 Å². The minimum absolute atomic E-state index is 0.160. The summed E-state index contributed by atoms with van der Waals surface area (Å²) in [6.07, 6.45) is 6.84. The fourth-order valence-corrected chi connectivity index (χ4v) is 1.99. The lowest BCUT2D eigenvalue weighted by molar-refractivity contribution is 0.148. The fraction of sp³-hybridized carbons (Fsp3) is 0.700. The topological polar surface area (TPSA) is 50.1 Å². The van der Waals surface area contributed by atoms with Crippen LogP contribution in [0.3, 0.4) is 0 Å². The van der Waals surface area contributed by atoms with Crippen LogP contribution in [0.1, 0.15) is 24.8 Å². The number of aryl methyl sites for hydroxylation is 1. The molecule has 0 radical (unpaired) electrons. The second-order valence-electron chi connectivity index (χ2n) is 4.01. The number of aliphatic hydroxyl groups is 1. The molecule has 2 rings (SSSR count). The van der Waals surface area contributed by atoms with Gasteiger partial charge in [0.05, 0.1) is 12.3 Å². The summed E-state index contributed by atoms with van der Waals surface area (Å²) in [5.74, 6) is 0. The third-order valence-electron chi connectivity index (χ3n) is 2.81. The van der Waals surface area contributed by atoms with Crippen LogP contribution in [-0.2, 0) is 13.6 Å². The Labute approximate surface area is 83.9 Å². The van der Waals surface area contributed by atoms with Crippen LogP contribution in [0.4, 0.5) is 0 Å². The van der Waals surface area contributed by atoms with Crippen molar-refractivity contribution in [1.29, 1.82) is 0 Å². The first-order valence-corrected chi connectivity index (χ1v) is 5.14. The minimum atomic E-state index is -0.160. The summed E-state index contributed by atoms with van der Waals surface area (Å²) < 4.78 is 1.79. The molecule has 0 spiro atoms. The van der Waals surface area contributed by atoms with Crippen LogP contribution in [0.15, 0.2) is 12.4 Å². The molecule has 1 aromatic rings. The van der Waals surface area contributed by atoms with Gasteiger partial charge in [0.2, 0.25) is 0 Å². The Hall–Kier alpha value is -0.870. The lowest BCUT2D eigenvalue weighted by atomic mass is 10.2. The largest absolute Gasteiger partial charge is 0.392 e. The van der Waals surface area contributed by atoms with Gasteiger partial charge >= 0.3 is 0 Å². The number of aliphatic hydroxyl groups excluding tert-OH is 1. The van der Waals surface area contributed by atoms with E-state index >= 15 is 0 Å². The second-order valence-corrected chi connectivity index (χ2v) is 4.01. The maximum absolute atomic E-state index is 9.59. The van der Waals surface area contributed by atoms with E-state index in [0.29, 0.717) is 0 Å². The number of nitrogens with one attached hydrogen (secondary N) is 1. The fourth-order valence-electron chi connectivity index (χ4n) is 1.99. The highest BCUT2D eigenvalue weighted by molar-refractivity contribution is 5.03. The molecule has 0 amide bonds. The van der Waals surface area contributed by atoms with Crippen LogP contribution in [0.5, 0.6) is 0 Å². The van der Waals surface area contributed by atoms with E-state index in [1.807, 2.05) is 19.4 Å². The third-order valence-corrected chi connectivity index (χ3v) is 2.81. The van der Waals surface area contributed by atoms with Gasteiger partial charge in [0.25, 0.3) is 0 Å². The molecule has 1 aliphatic carbocycles. The van der Waals surface area contributed by atoms with Crippen molar-refractivity contribution in [3.63, 3.8) is 0 Å². The SMILES string of the molecule is Cn1cc(CN[C@H]2CCC[C@@H]2O)cn1. The number of hydrogen-bond acceptors (Lipinski definition) is 3. The van der Waals surface area contributed by atoms with E-state index in [2.05, 4.69) is 10.4 Å². The van der Waals surface area contributed by atoms with Crippen molar-refractivity contribution in [2.75, 3.05) is 0 Å². The summed E-state index contributed by atoms with van der Waals surface area (Å²) in [4.78, 5) is 0. The van der Waals surface area contributed by atoms with Gasteiger partial charge in [0.15, 0.2) is 0 Å². The first-order chi connectivity index (χ1) is 6.75. The van der Waals surface area contributed by atoms with Gasteiger partial charge in [-0.1, -0.05) is 0 Å². The molecule has 0 bridgehead atoms. The zero-order valence-corrected chi connectivity index (χ0v) is 8.48. The molecule has 78 valence electrons. The highest BCUT2D eigenvalue weighted by Crippen LogP contribution is 2.18. The molecule has 0 aromatic carbocycles. The maximum atomic E-state index is 9.59. The molecule has 1 fully saturated rings. The van der Waals surface area contributed by atoms with Crippen LogP contribution < -0.4 is 5.32 Å². The summed E-state index contributed by atoms with van der Waals surface area (Å²) in [5.41, 5.74) is 1.17. The van der Waals surface area contributed by atoms with Crippen molar-refractivity contribution in [2.45, 2.75) is 38.0 Å². The summed E-state index contributed by atoms with van der Waals surface area (Å²) in [7, 11) is 1.91. The molecule has 0 saturated heterocycles. The van der Waals surface area contributed by atoms with Crippen molar-refractivity contribution in [3.05, 3.63) is 18.0 Å². The molecule has 14 heavy (non-hydrogen) atoms. The predicted molar refractivity (Wildman–Crippen MR) is 53.7 cm³/mol. The average Bonchev–Trinajstić information content (AvgIpc) is 2.72. The Morgan fingerprint density at radius 2 is 2.50 bits per heavy atom. The van der Waals surface area contributed by atoms with E-state index < -0.39 is 0 Å². The van der Waals surface area contributed by atoms with E-state index in [1.165, 1.54) is 5.56 Å². The number of hydrogen-bond donors (Lipinski definition) is 2. The third kappa shape index (κ3) is 2.13. The molecule has 4 heteroatoms. The Morgan fingerprint density at radius 3 is 3.07 bits per heavy atom. The Kier molecular flexibility index (Phi) is 2.84. The van der Waals surface area contributed by atoms with Crippen LogP contribution in [0.25, 0.3) is 0 Å². The van der Waals surface area contributed by atoms with Crippen molar-refractivity contribution in [1.82, 2.24) is 15.1 Å². The first-order valence-electron chi connectivity index (χ1n) is 5.14. The zero-order chi connectivity index (χ0) is 9.97. The van der Waals surface area contributed by atoms with Gasteiger partial charge in [-0.3, -0.25) is 4.68 Å². The van der Waals surface area contributed by atoms with Crippen molar-refractivity contribution < 1.29 is 5.11 Å². The highest BCUT2D eigenvalue weighted by Gasteiger charge is 2.24. The molecule has 4 nitrogen and oxygen atoms in total.